The molecule has 1 aromatic carbocycles. The second kappa shape index (κ2) is 5.89. The molecule has 92 valence electrons. The van der Waals surface area contributed by atoms with Gasteiger partial charge in [-0.25, -0.2) is 0 Å². The lowest BCUT2D eigenvalue weighted by atomic mass is 10.2. The number of hydrogen-bond acceptors (Lipinski definition) is 4. The molecule has 0 saturated heterocycles. The quantitative estimate of drug-likeness (QED) is 0.875. The van der Waals surface area contributed by atoms with Gasteiger partial charge in [0.25, 0.3) is 0 Å². The molecule has 4 nitrogen and oxygen atoms in total. The van der Waals surface area contributed by atoms with Crippen LogP contribution in [0.1, 0.15) is 17.1 Å². The molecule has 18 heavy (non-hydrogen) atoms. The maximum Gasteiger partial charge on any atom is 0.203 e. The van der Waals surface area contributed by atoms with Crippen molar-refractivity contribution in [2.75, 3.05) is 7.11 Å². The lowest BCUT2D eigenvalue weighted by Crippen LogP contribution is -2.12. The molecule has 0 aliphatic carbocycles. The fourth-order valence-corrected chi connectivity index (χ4v) is 1.70. The summed E-state index contributed by atoms with van der Waals surface area (Å²) in [5.41, 5.74) is 1.09. The van der Waals surface area contributed by atoms with Crippen molar-refractivity contribution in [3.05, 3.63) is 53.5 Å². The van der Waals surface area contributed by atoms with Crippen molar-refractivity contribution >= 4 is 0 Å². The second-order valence-corrected chi connectivity index (χ2v) is 3.79. The minimum atomic E-state index is 0.337. The Morgan fingerprint density at radius 3 is 2.78 bits per heavy atom. The Morgan fingerprint density at radius 1 is 1.22 bits per heavy atom. The number of nitrogens with one attached hydrogen (secondary N) is 1. The number of furan rings is 1. The van der Waals surface area contributed by atoms with Crippen molar-refractivity contribution in [2.45, 2.75) is 13.1 Å². The summed E-state index contributed by atoms with van der Waals surface area (Å²) < 4.78 is 10.5. The molecule has 0 unspecified atom stereocenters. The zero-order chi connectivity index (χ0) is 12.8. The zero-order valence-electron chi connectivity index (χ0n) is 10.1. The number of benzene rings is 1. The van der Waals surface area contributed by atoms with Crippen LogP contribution in [0.3, 0.4) is 0 Å². The summed E-state index contributed by atoms with van der Waals surface area (Å²) in [6.07, 6.45) is 0. The van der Waals surface area contributed by atoms with E-state index < -0.39 is 0 Å². The average molecular weight is 242 g/mol. The standard InChI is InChI=1S/C14H14N2O2/c1-17-14-5-3-2-4-11(14)9-16-10-13-7-6-12(8-15)18-13/h2-7,16H,9-10H2,1H3. The van der Waals surface area contributed by atoms with Crippen LogP contribution in [-0.2, 0) is 13.1 Å². The number of methoxy groups -OCH3 is 1. The van der Waals surface area contributed by atoms with Crippen LogP contribution in [-0.4, -0.2) is 7.11 Å². The van der Waals surface area contributed by atoms with Gasteiger partial charge in [0.1, 0.15) is 17.6 Å². The van der Waals surface area contributed by atoms with E-state index in [0.29, 0.717) is 18.8 Å². The topological polar surface area (TPSA) is 58.2 Å². The highest BCUT2D eigenvalue weighted by atomic mass is 16.5. The molecule has 0 fully saturated rings. The molecular weight excluding hydrogens is 228 g/mol. The lowest BCUT2D eigenvalue weighted by Gasteiger charge is -2.08. The highest BCUT2D eigenvalue weighted by molar-refractivity contribution is 5.33. The van der Waals surface area contributed by atoms with Gasteiger partial charge < -0.3 is 14.5 Å². The van der Waals surface area contributed by atoms with E-state index in [1.807, 2.05) is 30.3 Å². The van der Waals surface area contributed by atoms with Crippen molar-refractivity contribution in [1.82, 2.24) is 5.32 Å². The largest absolute Gasteiger partial charge is 0.496 e. The first-order valence-corrected chi connectivity index (χ1v) is 5.65. The first-order valence-electron chi connectivity index (χ1n) is 5.65. The van der Waals surface area contributed by atoms with E-state index in [-0.39, 0.29) is 0 Å². The molecule has 0 spiro atoms. The van der Waals surface area contributed by atoms with Crippen LogP contribution in [0, 0.1) is 11.3 Å². The number of nitrogens with zero attached hydrogens (tertiary/aromatic N) is 1. The van der Waals surface area contributed by atoms with E-state index in [4.69, 9.17) is 14.4 Å². The van der Waals surface area contributed by atoms with Gasteiger partial charge in [0, 0.05) is 12.1 Å². The molecule has 1 N–H and O–H groups in total. The van der Waals surface area contributed by atoms with Crippen molar-refractivity contribution in [1.29, 1.82) is 5.26 Å². The predicted octanol–water partition coefficient (Wildman–Crippen LogP) is 2.45. The summed E-state index contributed by atoms with van der Waals surface area (Å²) in [7, 11) is 1.66. The van der Waals surface area contributed by atoms with Gasteiger partial charge in [-0.05, 0) is 18.2 Å². The third kappa shape index (κ3) is 2.90. The number of rotatable bonds is 5. The van der Waals surface area contributed by atoms with Crippen molar-refractivity contribution < 1.29 is 9.15 Å². The minimum absolute atomic E-state index is 0.337. The van der Waals surface area contributed by atoms with E-state index in [9.17, 15) is 0 Å². The van der Waals surface area contributed by atoms with Crippen molar-refractivity contribution in [3.63, 3.8) is 0 Å². The first kappa shape index (κ1) is 12.2. The molecule has 0 amide bonds. The number of hydrogen-bond donors (Lipinski definition) is 1. The van der Waals surface area contributed by atoms with E-state index in [0.717, 1.165) is 17.1 Å². The molecule has 0 aliphatic heterocycles. The van der Waals surface area contributed by atoms with E-state index in [1.165, 1.54) is 0 Å². The van der Waals surface area contributed by atoms with E-state index >= 15 is 0 Å². The molecule has 4 heteroatoms. The Kier molecular flexibility index (Phi) is 4.00. The molecule has 2 aromatic rings. The van der Waals surface area contributed by atoms with Gasteiger partial charge in [-0.3, -0.25) is 0 Å². The molecule has 0 aliphatic rings. The van der Waals surface area contributed by atoms with Crippen LogP contribution in [0.25, 0.3) is 0 Å². The average Bonchev–Trinajstić information content (AvgIpc) is 2.87. The fraction of sp³-hybridized carbons (Fsp3) is 0.214. The van der Waals surface area contributed by atoms with Crippen LogP contribution in [0.15, 0.2) is 40.8 Å². The Labute approximate surface area is 106 Å². The summed E-state index contributed by atoms with van der Waals surface area (Å²) in [4.78, 5) is 0. The van der Waals surface area contributed by atoms with E-state index in [1.54, 1.807) is 19.2 Å². The molecule has 0 saturated carbocycles. The molecule has 2 rings (SSSR count). The summed E-state index contributed by atoms with van der Waals surface area (Å²) in [6, 6.07) is 13.3. The zero-order valence-corrected chi connectivity index (χ0v) is 10.1. The second-order valence-electron chi connectivity index (χ2n) is 3.79. The Bertz CT molecular complexity index is 555. The lowest BCUT2D eigenvalue weighted by molar-refractivity contribution is 0.406. The first-order chi connectivity index (χ1) is 8.83. The summed E-state index contributed by atoms with van der Waals surface area (Å²) in [5, 5.41) is 11.9. The Morgan fingerprint density at radius 2 is 2.06 bits per heavy atom. The predicted molar refractivity (Wildman–Crippen MR) is 67.0 cm³/mol. The van der Waals surface area contributed by atoms with E-state index in [2.05, 4.69) is 5.32 Å². The van der Waals surface area contributed by atoms with Crippen LogP contribution >= 0.6 is 0 Å². The highest BCUT2D eigenvalue weighted by Crippen LogP contribution is 2.17. The highest BCUT2D eigenvalue weighted by Gasteiger charge is 2.03. The summed E-state index contributed by atoms with van der Waals surface area (Å²) in [5.74, 6) is 1.95. The van der Waals surface area contributed by atoms with Gasteiger partial charge in [0.15, 0.2) is 0 Å². The van der Waals surface area contributed by atoms with Crippen LogP contribution < -0.4 is 10.1 Å². The van der Waals surface area contributed by atoms with Crippen molar-refractivity contribution in [2.24, 2.45) is 0 Å². The van der Waals surface area contributed by atoms with Crippen LogP contribution in [0.5, 0.6) is 5.75 Å². The SMILES string of the molecule is COc1ccccc1CNCc1ccc(C#N)o1. The van der Waals surface area contributed by atoms with Gasteiger partial charge in [-0.15, -0.1) is 0 Å². The number of ether oxygens (including phenoxy) is 1. The maximum atomic E-state index is 8.64. The number of para-hydroxylation sites is 1. The molecule has 1 aromatic heterocycles. The third-order valence-corrected chi connectivity index (χ3v) is 2.58. The molecule has 0 bridgehead atoms. The fourth-order valence-electron chi connectivity index (χ4n) is 1.70. The van der Waals surface area contributed by atoms with Crippen molar-refractivity contribution in [3.8, 4) is 11.8 Å². The molecular formula is C14H14N2O2. The normalized spacial score (nSPS) is 10.0. The molecule has 0 atom stereocenters. The maximum absolute atomic E-state index is 8.64. The summed E-state index contributed by atoms with van der Waals surface area (Å²) >= 11 is 0. The smallest absolute Gasteiger partial charge is 0.203 e. The Balaban J connectivity index is 1.90. The number of nitriles is 1. The monoisotopic (exact) mass is 242 g/mol. The van der Waals surface area contributed by atoms with Gasteiger partial charge in [-0.1, -0.05) is 18.2 Å². The van der Waals surface area contributed by atoms with Gasteiger partial charge in [-0.2, -0.15) is 5.26 Å². The third-order valence-electron chi connectivity index (χ3n) is 2.58. The van der Waals surface area contributed by atoms with Crippen LogP contribution in [0.2, 0.25) is 0 Å². The molecule has 0 radical (unpaired) electrons. The van der Waals surface area contributed by atoms with Gasteiger partial charge in [0.05, 0.1) is 13.7 Å². The summed E-state index contributed by atoms with van der Waals surface area (Å²) in [6.45, 7) is 1.27. The minimum Gasteiger partial charge on any atom is -0.496 e. The van der Waals surface area contributed by atoms with Gasteiger partial charge >= 0.3 is 0 Å². The Hall–Kier alpha value is -2.25. The van der Waals surface area contributed by atoms with Crippen LogP contribution in [0.4, 0.5) is 0 Å². The van der Waals surface area contributed by atoms with Gasteiger partial charge in [0.2, 0.25) is 5.76 Å². The molecule has 1 heterocycles.